The number of Topliss-reactive ketones (excluding diaryl/α,β-unsaturated/α-hetero) is 1. The van der Waals surface area contributed by atoms with E-state index in [0.717, 1.165) is 36.4 Å². The number of rotatable bonds is 7. The largest absolute Gasteiger partial charge is 0.496 e. The number of carbonyl (C=O) groups is 1. The van der Waals surface area contributed by atoms with Gasteiger partial charge in [0.1, 0.15) is 5.75 Å². The third kappa shape index (κ3) is 4.06. The van der Waals surface area contributed by atoms with Crippen molar-refractivity contribution >= 4 is 5.78 Å². The molecular weight excluding hydrogens is 238 g/mol. The van der Waals surface area contributed by atoms with Crippen LogP contribution in [0.3, 0.4) is 0 Å². The predicted molar refractivity (Wildman–Crippen MR) is 78.8 cm³/mol. The quantitative estimate of drug-likeness (QED) is 0.705. The molecule has 3 heteroatoms. The van der Waals surface area contributed by atoms with Gasteiger partial charge in [0.05, 0.1) is 7.11 Å². The fourth-order valence-electron chi connectivity index (χ4n) is 2.18. The number of methoxy groups -OCH3 is 1. The van der Waals surface area contributed by atoms with Crippen LogP contribution >= 0.6 is 0 Å². The lowest BCUT2D eigenvalue weighted by atomic mass is 10.1. The van der Waals surface area contributed by atoms with Gasteiger partial charge in [-0.2, -0.15) is 0 Å². The number of hydrogen-bond acceptors (Lipinski definition) is 3. The van der Waals surface area contributed by atoms with Crippen molar-refractivity contribution in [2.45, 2.75) is 46.7 Å². The molecule has 0 aromatic heterocycles. The number of benzene rings is 1. The summed E-state index contributed by atoms with van der Waals surface area (Å²) in [5, 5.41) is 0. The molecule has 1 aromatic rings. The van der Waals surface area contributed by atoms with E-state index in [-0.39, 0.29) is 5.78 Å². The van der Waals surface area contributed by atoms with Gasteiger partial charge in [0, 0.05) is 23.7 Å². The molecule has 19 heavy (non-hydrogen) atoms. The molecule has 1 rings (SSSR count). The zero-order chi connectivity index (χ0) is 14.4. The summed E-state index contributed by atoms with van der Waals surface area (Å²) in [7, 11) is 1.67. The molecule has 0 saturated heterocycles. The van der Waals surface area contributed by atoms with Crippen LogP contribution in [0.25, 0.3) is 0 Å². The second-order valence-electron chi connectivity index (χ2n) is 4.90. The number of ketones is 1. The van der Waals surface area contributed by atoms with E-state index in [1.807, 2.05) is 18.2 Å². The van der Waals surface area contributed by atoms with Crippen LogP contribution in [0.15, 0.2) is 18.2 Å². The van der Waals surface area contributed by atoms with Crippen molar-refractivity contribution in [3.8, 4) is 5.75 Å². The normalized spacial score (nSPS) is 12.5. The van der Waals surface area contributed by atoms with Crippen molar-refractivity contribution in [3.05, 3.63) is 29.3 Å². The zero-order valence-corrected chi connectivity index (χ0v) is 12.7. The average molecular weight is 263 g/mol. The molecule has 0 aliphatic rings. The van der Waals surface area contributed by atoms with Crippen molar-refractivity contribution in [2.75, 3.05) is 13.7 Å². The van der Waals surface area contributed by atoms with E-state index in [0.29, 0.717) is 6.04 Å². The van der Waals surface area contributed by atoms with Crippen LogP contribution in [0.1, 0.15) is 50.0 Å². The minimum atomic E-state index is 0.0930. The van der Waals surface area contributed by atoms with Crippen molar-refractivity contribution in [3.63, 3.8) is 0 Å². The van der Waals surface area contributed by atoms with Crippen LogP contribution in [0.5, 0.6) is 5.75 Å². The number of nitrogens with zero attached hydrogens (tertiary/aromatic N) is 1. The highest BCUT2D eigenvalue weighted by molar-refractivity contribution is 5.94. The molecule has 0 aliphatic heterocycles. The van der Waals surface area contributed by atoms with Gasteiger partial charge < -0.3 is 4.74 Å². The minimum Gasteiger partial charge on any atom is -0.496 e. The SMILES string of the molecule is CCC(C)N(CC)Cc1cc(C(C)=O)ccc1OC. The molecule has 0 amide bonds. The van der Waals surface area contributed by atoms with E-state index in [2.05, 4.69) is 25.7 Å². The monoisotopic (exact) mass is 263 g/mol. The lowest BCUT2D eigenvalue weighted by Gasteiger charge is -2.27. The van der Waals surface area contributed by atoms with Crippen LogP contribution in [0.4, 0.5) is 0 Å². The van der Waals surface area contributed by atoms with Gasteiger partial charge in [-0.15, -0.1) is 0 Å². The van der Waals surface area contributed by atoms with Gasteiger partial charge in [-0.3, -0.25) is 9.69 Å². The molecule has 106 valence electrons. The van der Waals surface area contributed by atoms with E-state index < -0.39 is 0 Å². The molecule has 0 fully saturated rings. The molecule has 0 aliphatic carbocycles. The Morgan fingerprint density at radius 2 is 2.05 bits per heavy atom. The Morgan fingerprint density at radius 1 is 1.37 bits per heavy atom. The Kier molecular flexibility index (Phi) is 6.03. The van der Waals surface area contributed by atoms with Gasteiger partial charge in [0.25, 0.3) is 0 Å². The van der Waals surface area contributed by atoms with Crippen molar-refractivity contribution in [2.24, 2.45) is 0 Å². The first kappa shape index (κ1) is 15.7. The van der Waals surface area contributed by atoms with Gasteiger partial charge in [-0.25, -0.2) is 0 Å². The molecule has 0 saturated carbocycles. The molecule has 1 atom stereocenters. The molecule has 3 nitrogen and oxygen atoms in total. The first-order valence-electron chi connectivity index (χ1n) is 6.95. The maximum absolute atomic E-state index is 11.5. The van der Waals surface area contributed by atoms with Crippen LogP contribution < -0.4 is 4.74 Å². The third-order valence-electron chi connectivity index (χ3n) is 3.68. The molecular formula is C16H25NO2. The van der Waals surface area contributed by atoms with Crippen LogP contribution in [0, 0.1) is 0 Å². The maximum Gasteiger partial charge on any atom is 0.159 e. The Hall–Kier alpha value is -1.35. The molecule has 0 bridgehead atoms. The fourth-order valence-corrected chi connectivity index (χ4v) is 2.18. The number of ether oxygens (including phenoxy) is 1. The number of carbonyl (C=O) groups excluding carboxylic acids is 1. The first-order valence-corrected chi connectivity index (χ1v) is 6.95. The molecule has 0 heterocycles. The van der Waals surface area contributed by atoms with Gasteiger partial charge in [-0.05, 0) is 45.0 Å². The smallest absolute Gasteiger partial charge is 0.159 e. The Bertz CT molecular complexity index is 429. The Morgan fingerprint density at radius 3 is 2.53 bits per heavy atom. The summed E-state index contributed by atoms with van der Waals surface area (Å²) in [5.41, 5.74) is 1.83. The summed E-state index contributed by atoms with van der Waals surface area (Å²) < 4.78 is 5.40. The van der Waals surface area contributed by atoms with E-state index >= 15 is 0 Å². The third-order valence-corrected chi connectivity index (χ3v) is 3.68. The summed E-state index contributed by atoms with van der Waals surface area (Å²) >= 11 is 0. The fraction of sp³-hybridized carbons (Fsp3) is 0.562. The molecule has 0 N–H and O–H groups in total. The van der Waals surface area contributed by atoms with Crippen molar-refractivity contribution in [1.82, 2.24) is 4.90 Å². The van der Waals surface area contributed by atoms with E-state index in [1.54, 1.807) is 14.0 Å². The summed E-state index contributed by atoms with van der Waals surface area (Å²) in [6.45, 7) is 9.98. The van der Waals surface area contributed by atoms with E-state index in [9.17, 15) is 4.79 Å². The lowest BCUT2D eigenvalue weighted by Crippen LogP contribution is -2.32. The summed E-state index contributed by atoms with van der Waals surface area (Å²) in [4.78, 5) is 13.9. The standard InChI is InChI=1S/C16H25NO2/c1-6-12(3)17(7-2)11-15-10-14(13(4)18)8-9-16(15)19-5/h8-10,12H,6-7,11H2,1-5H3. The molecule has 0 spiro atoms. The second-order valence-corrected chi connectivity index (χ2v) is 4.90. The summed E-state index contributed by atoms with van der Waals surface area (Å²) in [6, 6.07) is 6.18. The highest BCUT2D eigenvalue weighted by Gasteiger charge is 2.14. The highest BCUT2D eigenvalue weighted by atomic mass is 16.5. The van der Waals surface area contributed by atoms with Gasteiger partial charge in [0.2, 0.25) is 0 Å². The van der Waals surface area contributed by atoms with Crippen molar-refractivity contribution in [1.29, 1.82) is 0 Å². The van der Waals surface area contributed by atoms with Gasteiger partial charge in [-0.1, -0.05) is 13.8 Å². The Labute approximate surface area is 116 Å². The highest BCUT2D eigenvalue weighted by Crippen LogP contribution is 2.23. The Balaban J connectivity index is 3.02. The topological polar surface area (TPSA) is 29.5 Å². The molecule has 1 unspecified atom stereocenters. The first-order chi connectivity index (χ1) is 9.03. The van der Waals surface area contributed by atoms with Crippen LogP contribution in [-0.4, -0.2) is 30.4 Å². The second kappa shape index (κ2) is 7.29. The molecule has 0 radical (unpaired) electrons. The average Bonchev–Trinajstić information content (AvgIpc) is 2.43. The van der Waals surface area contributed by atoms with Gasteiger partial charge in [0.15, 0.2) is 5.78 Å². The number of hydrogen-bond donors (Lipinski definition) is 0. The predicted octanol–water partition coefficient (Wildman–Crippen LogP) is 3.52. The van der Waals surface area contributed by atoms with E-state index in [1.165, 1.54) is 0 Å². The maximum atomic E-state index is 11.5. The summed E-state index contributed by atoms with van der Waals surface area (Å²) in [5.74, 6) is 0.947. The molecule has 1 aromatic carbocycles. The zero-order valence-electron chi connectivity index (χ0n) is 12.7. The van der Waals surface area contributed by atoms with Gasteiger partial charge >= 0.3 is 0 Å². The summed E-state index contributed by atoms with van der Waals surface area (Å²) in [6.07, 6.45) is 1.11. The minimum absolute atomic E-state index is 0.0930. The van der Waals surface area contributed by atoms with E-state index in [4.69, 9.17) is 4.74 Å². The van der Waals surface area contributed by atoms with Crippen LogP contribution in [-0.2, 0) is 6.54 Å². The van der Waals surface area contributed by atoms with Crippen LogP contribution in [0.2, 0.25) is 0 Å². The lowest BCUT2D eigenvalue weighted by molar-refractivity contribution is 0.101. The van der Waals surface area contributed by atoms with Crippen molar-refractivity contribution < 1.29 is 9.53 Å².